The summed E-state index contributed by atoms with van der Waals surface area (Å²) in [5.41, 5.74) is 3.44. The van der Waals surface area contributed by atoms with E-state index in [1.165, 1.54) is 5.56 Å². The normalized spacial score (nSPS) is 11.0. The van der Waals surface area contributed by atoms with Crippen molar-refractivity contribution in [3.05, 3.63) is 76.9 Å². The summed E-state index contributed by atoms with van der Waals surface area (Å²) in [4.78, 5) is 4.47. The fourth-order valence-electron chi connectivity index (χ4n) is 2.37. The molecule has 0 aliphatic rings. The lowest BCUT2D eigenvalue weighted by Gasteiger charge is -2.07. The van der Waals surface area contributed by atoms with Crippen LogP contribution in [0.5, 0.6) is 0 Å². The van der Waals surface area contributed by atoms with Gasteiger partial charge in [0.25, 0.3) is 0 Å². The summed E-state index contributed by atoms with van der Waals surface area (Å²) in [6, 6.07) is 18.5. The lowest BCUT2D eigenvalue weighted by molar-refractivity contribution is 0.920. The highest BCUT2D eigenvalue weighted by Crippen LogP contribution is 2.23. The van der Waals surface area contributed by atoms with Crippen LogP contribution in [-0.4, -0.2) is 16.1 Å². The van der Waals surface area contributed by atoms with E-state index in [-0.39, 0.29) is 0 Å². The van der Waals surface area contributed by atoms with Gasteiger partial charge in [-0.3, -0.25) is 0 Å². The number of imidazole rings is 1. The van der Waals surface area contributed by atoms with Crippen LogP contribution >= 0.6 is 15.9 Å². The first-order valence-electron chi connectivity index (χ1n) is 7.47. The van der Waals surface area contributed by atoms with Crippen molar-refractivity contribution in [3.63, 3.8) is 0 Å². The van der Waals surface area contributed by atoms with Crippen LogP contribution in [-0.2, 0) is 7.05 Å². The van der Waals surface area contributed by atoms with Crippen molar-refractivity contribution in [1.82, 2.24) is 9.55 Å². The SMILES string of the molecule is Cn1c(-c2ccc(Br)cc2)cnc1NCC=Cc1ccccc1. The quantitative estimate of drug-likeness (QED) is 0.689. The van der Waals surface area contributed by atoms with Gasteiger partial charge in [0, 0.05) is 18.1 Å². The predicted molar refractivity (Wildman–Crippen MR) is 100 cm³/mol. The first kappa shape index (κ1) is 15.6. The number of halogens is 1. The van der Waals surface area contributed by atoms with Gasteiger partial charge in [-0.05, 0) is 23.3 Å². The Bertz CT molecular complexity index is 789. The fraction of sp³-hybridized carbons (Fsp3) is 0.105. The Morgan fingerprint density at radius 2 is 1.83 bits per heavy atom. The molecule has 0 unspecified atom stereocenters. The van der Waals surface area contributed by atoms with Gasteiger partial charge in [-0.25, -0.2) is 4.98 Å². The van der Waals surface area contributed by atoms with Crippen molar-refractivity contribution in [2.75, 3.05) is 11.9 Å². The van der Waals surface area contributed by atoms with E-state index in [4.69, 9.17) is 0 Å². The van der Waals surface area contributed by atoms with Gasteiger partial charge in [0.2, 0.25) is 5.95 Å². The van der Waals surface area contributed by atoms with E-state index in [2.05, 4.69) is 67.2 Å². The van der Waals surface area contributed by atoms with Crippen LogP contribution < -0.4 is 5.32 Å². The van der Waals surface area contributed by atoms with E-state index in [1.54, 1.807) is 0 Å². The van der Waals surface area contributed by atoms with Crippen molar-refractivity contribution < 1.29 is 0 Å². The molecule has 0 aliphatic heterocycles. The van der Waals surface area contributed by atoms with Crippen LogP contribution in [0.1, 0.15) is 5.56 Å². The Labute approximate surface area is 144 Å². The van der Waals surface area contributed by atoms with Crippen LogP contribution in [0.2, 0.25) is 0 Å². The summed E-state index contributed by atoms with van der Waals surface area (Å²) in [5, 5.41) is 3.34. The highest BCUT2D eigenvalue weighted by atomic mass is 79.9. The fourth-order valence-corrected chi connectivity index (χ4v) is 2.64. The highest BCUT2D eigenvalue weighted by Gasteiger charge is 2.07. The zero-order valence-electron chi connectivity index (χ0n) is 12.9. The second-order valence-electron chi connectivity index (χ2n) is 5.23. The van der Waals surface area contributed by atoms with Crippen LogP contribution in [0.15, 0.2) is 71.3 Å². The average molecular weight is 368 g/mol. The molecule has 1 heterocycles. The summed E-state index contributed by atoms with van der Waals surface area (Å²) in [5.74, 6) is 0.862. The topological polar surface area (TPSA) is 29.9 Å². The number of hydrogen-bond donors (Lipinski definition) is 1. The van der Waals surface area contributed by atoms with Gasteiger partial charge in [0.1, 0.15) is 0 Å². The van der Waals surface area contributed by atoms with Gasteiger partial charge in [-0.1, -0.05) is 70.5 Å². The molecule has 3 aromatic rings. The summed E-state index contributed by atoms with van der Waals surface area (Å²) in [6.07, 6.45) is 6.10. The van der Waals surface area contributed by atoms with Crippen molar-refractivity contribution in [2.24, 2.45) is 7.05 Å². The number of anilines is 1. The minimum absolute atomic E-state index is 0.736. The summed E-state index contributed by atoms with van der Waals surface area (Å²) >= 11 is 3.46. The first-order chi connectivity index (χ1) is 11.2. The standard InChI is InChI=1S/C19H18BrN3/c1-23-18(16-9-11-17(20)12-10-16)14-22-19(23)21-13-5-8-15-6-3-2-4-7-15/h2-12,14H,13H2,1H3,(H,21,22). The van der Waals surface area contributed by atoms with Crippen molar-refractivity contribution in [2.45, 2.75) is 0 Å². The number of rotatable bonds is 5. The molecule has 3 rings (SSSR count). The Kier molecular flexibility index (Phi) is 4.93. The molecule has 0 saturated heterocycles. The minimum atomic E-state index is 0.736. The van der Waals surface area contributed by atoms with Gasteiger partial charge in [0.05, 0.1) is 11.9 Å². The molecule has 0 fully saturated rings. The molecule has 2 aromatic carbocycles. The van der Waals surface area contributed by atoms with Gasteiger partial charge in [-0.2, -0.15) is 0 Å². The number of benzene rings is 2. The lowest BCUT2D eigenvalue weighted by atomic mass is 10.2. The average Bonchev–Trinajstić information content (AvgIpc) is 2.94. The van der Waals surface area contributed by atoms with E-state index in [0.29, 0.717) is 0 Å². The second kappa shape index (κ2) is 7.29. The van der Waals surface area contributed by atoms with Gasteiger partial charge in [0.15, 0.2) is 0 Å². The Morgan fingerprint density at radius 3 is 2.57 bits per heavy atom. The Hall–Kier alpha value is -2.33. The monoisotopic (exact) mass is 367 g/mol. The third kappa shape index (κ3) is 3.90. The molecule has 0 saturated carbocycles. The first-order valence-corrected chi connectivity index (χ1v) is 8.26. The van der Waals surface area contributed by atoms with E-state index < -0.39 is 0 Å². The lowest BCUT2D eigenvalue weighted by Crippen LogP contribution is -2.05. The maximum atomic E-state index is 4.47. The minimum Gasteiger partial charge on any atom is -0.352 e. The van der Waals surface area contributed by atoms with E-state index in [1.807, 2.05) is 43.6 Å². The highest BCUT2D eigenvalue weighted by molar-refractivity contribution is 9.10. The van der Waals surface area contributed by atoms with Crippen LogP contribution in [0.4, 0.5) is 5.95 Å². The van der Waals surface area contributed by atoms with Crippen LogP contribution in [0, 0.1) is 0 Å². The Morgan fingerprint density at radius 1 is 1.09 bits per heavy atom. The summed E-state index contributed by atoms with van der Waals surface area (Å²) in [7, 11) is 2.02. The molecule has 1 N–H and O–H groups in total. The van der Waals surface area contributed by atoms with E-state index in [0.717, 1.165) is 28.2 Å². The number of aromatic nitrogens is 2. The molecule has 0 bridgehead atoms. The molecule has 0 atom stereocenters. The molecular weight excluding hydrogens is 350 g/mol. The molecule has 4 heteroatoms. The van der Waals surface area contributed by atoms with Crippen LogP contribution in [0.25, 0.3) is 17.3 Å². The zero-order chi connectivity index (χ0) is 16.1. The van der Waals surface area contributed by atoms with E-state index >= 15 is 0 Å². The molecule has 116 valence electrons. The Balaban J connectivity index is 1.65. The summed E-state index contributed by atoms with van der Waals surface area (Å²) in [6.45, 7) is 0.736. The molecule has 0 radical (unpaired) electrons. The molecule has 23 heavy (non-hydrogen) atoms. The number of nitrogens with one attached hydrogen (secondary N) is 1. The summed E-state index contributed by atoms with van der Waals surface area (Å²) < 4.78 is 3.15. The van der Waals surface area contributed by atoms with E-state index in [9.17, 15) is 0 Å². The van der Waals surface area contributed by atoms with Gasteiger partial charge < -0.3 is 9.88 Å². The smallest absolute Gasteiger partial charge is 0.203 e. The molecule has 0 spiro atoms. The third-order valence-electron chi connectivity index (χ3n) is 3.62. The molecule has 3 nitrogen and oxygen atoms in total. The van der Waals surface area contributed by atoms with Crippen molar-refractivity contribution >= 4 is 28.0 Å². The third-order valence-corrected chi connectivity index (χ3v) is 4.14. The van der Waals surface area contributed by atoms with Crippen molar-refractivity contribution in [3.8, 4) is 11.3 Å². The second-order valence-corrected chi connectivity index (χ2v) is 6.14. The van der Waals surface area contributed by atoms with Crippen molar-refractivity contribution in [1.29, 1.82) is 0 Å². The largest absolute Gasteiger partial charge is 0.352 e. The number of hydrogen-bond acceptors (Lipinski definition) is 2. The molecular formula is C19H18BrN3. The van der Waals surface area contributed by atoms with Gasteiger partial charge in [-0.15, -0.1) is 0 Å². The number of nitrogens with zero attached hydrogens (tertiary/aromatic N) is 2. The predicted octanol–water partition coefficient (Wildman–Crippen LogP) is 4.97. The maximum Gasteiger partial charge on any atom is 0.203 e. The zero-order valence-corrected chi connectivity index (χ0v) is 14.5. The molecule has 1 aromatic heterocycles. The molecule has 0 aliphatic carbocycles. The molecule has 0 amide bonds. The van der Waals surface area contributed by atoms with Gasteiger partial charge >= 0.3 is 0 Å². The van der Waals surface area contributed by atoms with Crippen LogP contribution in [0.3, 0.4) is 0 Å². The maximum absolute atomic E-state index is 4.47.